The monoisotopic (exact) mass is 290 g/mol. The van der Waals surface area contributed by atoms with Crippen LogP contribution in [0.5, 0.6) is 0 Å². The second-order valence-electron chi connectivity index (χ2n) is 4.65. The zero-order valence-corrected chi connectivity index (χ0v) is 11.2. The van der Waals surface area contributed by atoms with Crippen molar-refractivity contribution in [2.24, 2.45) is 0 Å². The molecule has 0 fully saturated rings. The van der Waals surface area contributed by atoms with Gasteiger partial charge in [0.25, 0.3) is 0 Å². The van der Waals surface area contributed by atoms with E-state index in [2.05, 4.69) is 9.97 Å². The maximum atomic E-state index is 13.6. The van der Waals surface area contributed by atoms with E-state index in [1.165, 1.54) is 6.07 Å². The van der Waals surface area contributed by atoms with Crippen molar-refractivity contribution >= 4 is 22.6 Å². The van der Waals surface area contributed by atoms with Crippen LogP contribution in [0.1, 0.15) is 16.5 Å². The van der Waals surface area contributed by atoms with Crippen LogP contribution in [0.4, 0.5) is 4.39 Å². The van der Waals surface area contributed by atoms with Crippen LogP contribution in [0.3, 0.4) is 0 Å². The molecule has 3 rings (SSSR count). The number of hydrogen-bond donors (Lipinski definition) is 2. The van der Waals surface area contributed by atoms with Gasteiger partial charge in [-0.3, -0.25) is 0 Å². The van der Waals surface area contributed by atoms with Gasteiger partial charge in [-0.1, -0.05) is 24.3 Å². The molecule has 0 bridgehead atoms. The Bertz CT molecular complexity index is 809. The molecule has 0 radical (unpaired) electrons. The molecule has 0 aliphatic heterocycles. The lowest BCUT2D eigenvalue weighted by atomic mass is 10.0. The smallest absolute Gasteiger partial charge is 0.306 e. The summed E-state index contributed by atoms with van der Waals surface area (Å²) >= 11 is 6.35. The molecule has 20 heavy (non-hydrogen) atoms. The largest absolute Gasteiger partial charge is 0.323 e. The molecule has 3 aromatic rings. The highest BCUT2D eigenvalue weighted by atomic mass is 35.5. The Hall–Kier alpha value is -2.07. The number of benzene rings is 2. The van der Waals surface area contributed by atoms with Gasteiger partial charge in [0, 0.05) is 0 Å². The number of hydrogen-bond acceptors (Lipinski definition) is 1. The van der Waals surface area contributed by atoms with Gasteiger partial charge in [-0.25, -0.2) is 9.18 Å². The number of alkyl halides is 1. The zero-order chi connectivity index (χ0) is 14.1. The van der Waals surface area contributed by atoms with Crippen LogP contribution in [-0.2, 0) is 6.42 Å². The Morgan fingerprint density at radius 3 is 2.65 bits per heavy atom. The van der Waals surface area contributed by atoms with Crippen LogP contribution in [0.25, 0.3) is 11.0 Å². The normalized spacial score (nSPS) is 12.7. The molecule has 0 saturated heterocycles. The van der Waals surface area contributed by atoms with E-state index in [4.69, 9.17) is 11.6 Å². The van der Waals surface area contributed by atoms with Crippen molar-refractivity contribution in [3.8, 4) is 0 Å². The summed E-state index contributed by atoms with van der Waals surface area (Å²) in [7, 11) is 0. The van der Waals surface area contributed by atoms with E-state index in [0.717, 1.165) is 11.1 Å². The first-order valence-electron chi connectivity index (χ1n) is 6.23. The summed E-state index contributed by atoms with van der Waals surface area (Å²) in [6.45, 7) is 0. The van der Waals surface area contributed by atoms with Gasteiger partial charge in [-0.05, 0) is 35.7 Å². The fraction of sp³-hybridized carbons (Fsp3) is 0.133. The molecule has 5 heteroatoms. The Labute approximate surface area is 119 Å². The first kappa shape index (κ1) is 12.9. The van der Waals surface area contributed by atoms with Gasteiger partial charge < -0.3 is 9.97 Å². The fourth-order valence-corrected chi connectivity index (χ4v) is 2.52. The van der Waals surface area contributed by atoms with E-state index < -0.39 is 0 Å². The summed E-state index contributed by atoms with van der Waals surface area (Å²) in [4.78, 5) is 16.6. The number of nitrogens with one attached hydrogen (secondary N) is 2. The molecule has 0 saturated carbocycles. The van der Waals surface area contributed by atoms with E-state index in [1.54, 1.807) is 24.3 Å². The van der Waals surface area contributed by atoms with Gasteiger partial charge >= 0.3 is 5.69 Å². The van der Waals surface area contributed by atoms with Gasteiger partial charge in [0.15, 0.2) is 0 Å². The van der Waals surface area contributed by atoms with Crippen molar-refractivity contribution in [2.45, 2.75) is 11.8 Å². The lowest BCUT2D eigenvalue weighted by Gasteiger charge is -2.10. The highest BCUT2D eigenvalue weighted by Crippen LogP contribution is 2.27. The maximum Gasteiger partial charge on any atom is 0.323 e. The predicted octanol–water partition coefficient (Wildman–Crippen LogP) is 3.52. The molecule has 1 atom stereocenters. The van der Waals surface area contributed by atoms with Gasteiger partial charge in [-0.15, -0.1) is 11.6 Å². The molecule has 0 spiro atoms. The minimum Gasteiger partial charge on any atom is -0.306 e. The Kier molecular flexibility index (Phi) is 3.32. The number of aromatic nitrogens is 2. The van der Waals surface area contributed by atoms with Crippen LogP contribution in [0.15, 0.2) is 47.3 Å². The summed E-state index contributed by atoms with van der Waals surface area (Å²) in [6, 6.07) is 12.0. The second-order valence-corrected chi connectivity index (χ2v) is 5.17. The van der Waals surface area contributed by atoms with Crippen LogP contribution in [0.2, 0.25) is 0 Å². The number of rotatable bonds is 3. The highest BCUT2D eigenvalue weighted by molar-refractivity contribution is 6.21. The van der Waals surface area contributed by atoms with Crippen molar-refractivity contribution in [3.63, 3.8) is 0 Å². The van der Waals surface area contributed by atoms with Crippen LogP contribution >= 0.6 is 11.6 Å². The summed E-state index contributed by atoms with van der Waals surface area (Å²) in [5.41, 5.74) is 2.60. The average molecular weight is 291 g/mol. The Morgan fingerprint density at radius 1 is 1.10 bits per heavy atom. The molecule has 2 aromatic carbocycles. The van der Waals surface area contributed by atoms with E-state index in [9.17, 15) is 9.18 Å². The fourth-order valence-electron chi connectivity index (χ4n) is 2.22. The topological polar surface area (TPSA) is 48.6 Å². The minimum absolute atomic E-state index is 0.252. The SMILES string of the molecule is O=c1[nH]c2ccc(C(Cl)Cc3ccccc3F)cc2[nH]1. The summed E-state index contributed by atoms with van der Waals surface area (Å²) < 4.78 is 13.6. The lowest BCUT2D eigenvalue weighted by molar-refractivity contribution is 0.607. The van der Waals surface area contributed by atoms with Crippen molar-refractivity contribution < 1.29 is 4.39 Å². The van der Waals surface area contributed by atoms with Crippen LogP contribution in [0, 0.1) is 5.82 Å². The third kappa shape index (κ3) is 2.47. The quantitative estimate of drug-likeness (QED) is 0.713. The van der Waals surface area contributed by atoms with Gasteiger partial charge in [0.05, 0.1) is 16.4 Å². The molecule has 1 aromatic heterocycles. The third-order valence-corrected chi connectivity index (χ3v) is 3.66. The summed E-state index contributed by atoms with van der Waals surface area (Å²) in [5.74, 6) is -0.255. The molecule has 1 unspecified atom stereocenters. The number of halogens is 2. The number of imidazole rings is 1. The van der Waals surface area contributed by atoms with E-state index >= 15 is 0 Å². The van der Waals surface area contributed by atoms with Crippen molar-refractivity contribution in [3.05, 3.63) is 69.9 Å². The highest BCUT2D eigenvalue weighted by Gasteiger charge is 2.12. The van der Waals surface area contributed by atoms with Gasteiger partial charge in [-0.2, -0.15) is 0 Å². The zero-order valence-electron chi connectivity index (χ0n) is 10.5. The summed E-state index contributed by atoms with van der Waals surface area (Å²) in [6.07, 6.45) is 0.397. The third-order valence-electron chi connectivity index (χ3n) is 3.26. The minimum atomic E-state index is -0.352. The molecule has 1 heterocycles. The standard InChI is InChI=1S/C15H12ClFN2O/c16-11(7-10-3-1-2-4-12(10)17)9-5-6-13-14(8-9)19-15(20)18-13/h1-6,8,11H,7H2,(H2,18,19,20). The lowest BCUT2D eigenvalue weighted by Crippen LogP contribution is -1.99. The van der Waals surface area contributed by atoms with Crippen LogP contribution < -0.4 is 5.69 Å². The van der Waals surface area contributed by atoms with E-state index in [1.807, 2.05) is 12.1 Å². The van der Waals surface area contributed by atoms with Crippen molar-refractivity contribution in [2.75, 3.05) is 0 Å². The molecule has 3 nitrogen and oxygen atoms in total. The van der Waals surface area contributed by atoms with Crippen molar-refractivity contribution in [1.82, 2.24) is 9.97 Å². The molecule has 0 aliphatic rings. The first-order chi connectivity index (χ1) is 9.63. The Morgan fingerprint density at radius 2 is 1.85 bits per heavy atom. The van der Waals surface area contributed by atoms with Crippen LogP contribution in [-0.4, -0.2) is 9.97 Å². The molecule has 0 aliphatic carbocycles. The number of H-pyrrole nitrogens is 2. The molecular weight excluding hydrogens is 279 g/mol. The second kappa shape index (κ2) is 5.13. The van der Waals surface area contributed by atoms with Gasteiger partial charge in [0.2, 0.25) is 0 Å². The van der Waals surface area contributed by atoms with E-state index in [-0.39, 0.29) is 16.9 Å². The Balaban J connectivity index is 1.90. The molecule has 0 amide bonds. The average Bonchev–Trinajstić information content (AvgIpc) is 2.80. The molecular formula is C15H12ClFN2O. The van der Waals surface area contributed by atoms with Gasteiger partial charge in [0.1, 0.15) is 5.82 Å². The first-order valence-corrected chi connectivity index (χ1v) is 6.66. The molecule has 102 valence electrons. The van der Waals surface area contributed by atoms with E-state index in [0.29, 0.717) is 17.5 Å². The number of aromatic amines is 2. The van der Waals surface area contributed by atoms with Crippen molar-refractivity contribution in [1.29, 1.82) is 0 Å². The predicted molar refractivity (Wildman–Crippen MR) is 77.6 cm³/mol. The molecule has 2 N–H and O–H groups in total. The maximum absolute atomic E-state index is 13.6. The summed E-state index contributed by atoms with van der Waals surface area (Å²) in [5, 5.41) is -0.352. The number of fused-ring (bicyclic) bond motifs is 1.